The number of hydrogen-bond acceptors (Lipinski definition) is 6. The second-order valence-electron chi connectivity index (χ2n) is 8.40. The summed E-state index contributed by atoms with van der Waals surface area (Å²) >= 11 is 1.36. The lowest BCUT2D eigenvalue weighted by Crippen LogP contribution is -2.29. The van der Waals surface area contributed by atoms with E-state index in [1.807, 2.05) is 50.2 Å². The minimum Gasteiger partial charge on any atom is -0.450 e. The van der Waals surface area contributed by atoms with Crippen molar-refractivity contribution >= 4 is 33.3 Å². The van der Waals surface area contributed by atoms with Crippen LogP contribution in [0, 0.1) is 6.92 Å². The lowest BCUT2D eigenvalue weighted by atomic mass is 9.95. The zero-order valence-corrected chi connectivity index (χ0v) is 19.2. The van der Waals surface area contributed by atoms with E-state index in [0.717, 1.165) is 22.6 Å². The third-order valence-electron chi connectivity index (χ3n) is 5.91. The van der Waals surface area contributed by atoms with Crippen molar-refractivity contribution < 1.29 is 9.21 Å². The number of hydrogen-bond donors (Lipinski definition) is 0. The summed E-state index contributed by atoms with van der Waals surface area (Å²) in [5.74, 6) is 0.0961. The third-order valence-corrected chi connectivity index (χ3v) is 6.98. The number of carbonyl (C=O) groups is 1. The molecule has 1 aliphatic rings. The van der Waals surface area contributed by atoms with E-state index in [-0.39, 0.29) is 17.1 Å². The Morgan fingerprint density at radius 3 is 2.50 bits per heavy atom. The minimum atomic E-state index is -0.613. The van der Waals surface area contributed by atoms with Crippen molar-refractivity contribution in [2.75, 3.05) is 4.90 Å². The molecule has 1 atom stereocenters. The van der Waals surface area contributed by atoms with E-state index in [9.17, 15) is 9.59 Å². The maximum atomic E-state index is 13.6. The Labute approximate surface area is 189 Å². The predicted octanol–water partition coefficient (Wildman–Crippen LogP) is 5.39. The standard InChI is InChI=1S/C25H23N3O3S/c1-5-19-26-27-25(32-19)28-21(16-9-7-15(8-10-16)13(2)3)20-22(29)17-12-14(4)6-11-18(17)31-23(20)24(28)30/h6-13,21H,5H2,1-4H3/t21-/m0/s1. The molecule has 0 aliphatic carbocycles. The molecule has 0 fully saturated rings. The molecule has 7 heteroatoms. The number of benzene rings is 2. The van der Waals surface area contributed by atoms with Crippen LogP contribution in [-0.2, 0) is 6.42 Å². The summed E-state index contributed by atoms with van der Waals surface area (Å²) in [5.41, 5.74) is 3.58. The first kappa shape index (κ1) is 20.6. The molecule has 0 radical (unpaired) electrons. The van der Waals surface area contributed by atoms with Crippen LogP contribution in [0.4, 0.5) is 5.13 Å². The van der Waals surface area contributed by atoms with Crippen LogP contribution in [0.3, 0.4) is 0 Å². The zero-order valence-electron chi connectivity index (χ0n) is 18.4. The van der Waals surface area contributed by atoms with E-state index in [2.05, 4.69) is 24.0 Å². The fourth-order valence-electron chi connectivity index (χ4n) is 4.15. The molecule has 0 N–H and O–H groups in total. The van der Waals surface area contributed by atoms with Gasteiger partial charge >= 0.3 is 0 Å². The summed E-state index contributed by atoms with van der Waals surface area (Å²) in [6, 6.07) is 12.9. The van der Waals surface area contributed by atoms with Gasteiger partial charge in [0.1, 0.15) is 10.6 Å². The number of amides is 1. The number of carbonyl (C=O) groups excluding carboxylic acids is 1. The van der Waals surface area contributed by atoms with Crippen molar-refractivity contribution in [3.63, 3.8) is 0 Å². The molecule has 162 valence electrons. The average Bonchev–Trinajstić information content (AvgIpc) is 3.37. The summed E-state index contributed by atoms with van der Waals surface area (Å²) in [5, 5.41) is 10.2. The Balaban J connectivity index is 1.77. The van der Waals surface area contributed by atoms with Gasteiger partial charge in [0.25, 0.3) is 5.91 Å². The van der Waals surface area contributed by atoms with Crippen LogP contribution >= 0.6 is 11.3 Å². The fraction of sp³-hybridized carbons (Fsp3) is 0.280. The Morgan fingerprint density at radius 1 is 1.09 bits per heavy atom. The van der Waals surface area contributed by atoms with E-state index >= 15 is 0 Å². The van der Waals surface area contributed by atoms with Gasteiger partial charge in [-0.3, -0.25) is 14.5 Å². The second kappa shape index (κ2) is 7.67. The monoisotopic (exact) mass is 445 g/mol. The topological polar surface area (TPSA) is 76.3 Å². The predicted molar refractivity (Wildman–Crippen MR) is 126 cm³/mol. The first-order valence-electron chi connectivity index (χ1n) is 10.7. The lowest BCUT2D eigenvalue weighted by molar-refractivity contribution is 0.0970. The van der Waals surface area contributed by atoms with Crippen molar-refractivity contribution in [1.29, 1.82) is 0 Å². The largest absolute Gasteiger partial charge is 0.450 e. The summed E-state index contributed by atoms with van der Waals surface area (Å²) < 4.78 is 6.02. The molecule has 4 aromatic rings. The quantitative estimate of drug-likeness (QED) is 0.421. The fourth-order valence-corrected chi connectivity index (χ4v) is 4.95. The maximum Gasteiger partial charge on any atom is 0.297 e. The van der Waals surface area contributed by atoms with Gasteiger partial charge in [0.2, 0.25) is 10.9 Å². The summed E-state index contributed by atoms with van der Waals surface area (Å²) in [6.45, 7) is 8.19. The average molecular weight is 446 g/mol. The van der Waals surface area contributed by atoms with Crippen LogP contribution in [0.25, 0.3) is 11.0 Å². The number of fused-ring (bicyclic) bond motifs is 2. The highest BCUT2D eigenvalue weighted by atomic mass is 32.1. The smallest absolute Gasteiger partial charge is 0.297 e. The molecule has 0 saturated heterocycles. The summed E-state index contributed by atoms with van der Waals surface area (Å²) in [4.78, 5) is 28.8. The Morgan fingerprint density at radius 2 is 1.84 bits per heavy atom. The van der Waals surface area contributed by atoms with Gasteiger partial charge in [-0.15, -0.1) is 10.2 Å². The van der Waals surface area contributed by atoms with E-state index in [1.165, 1.54) is 16.9 Å². The Bertz CT molecular complexity index is 1400. The van der Waals surface area contributed by atoms with Gasteiger partial charge in [0.15, 0.2) is 5.43 Å². The molecule has 2 aromatic carbocycles. The normalized spacial score (nSPS) is 15.7. The highest BCUT2D eigenvalue weighted by molar-refractivity contribution is 7.15. The highest BCUT2D eigenvalue weighted by Crippen LogP contribution is 2.42. The highest BCUT2D eigenvalue weighted by Gasteiger charge is 2.45. The summed E-state index contributed by atoms with van der Waals surface area (Å²) in [6.07, 6.45) is 0.723. The molecule has 6 nitrogen and oxygen atoms in total. The molecule has 0 spiro atoms. The number of rotatable bonds is 4. The number of aryl methyl sites for hydroxylation is 2. The molecule has 2 aromatic heterocycles. The van der Waals surface area contributed by atoms with Crippen molar-refractivity contribution in [2.24, 2.45) is 0 Å². The van der Waals surface area contributed by atoms with Gasteiger partial charge in [-0.05, 0) is 42.5 Å². The van der Waals surface area contributed by atoms with Crippen molar-refractivity contribution in [3.05, 3.63) is 85.7 Å². The molecule has 0 unspecified atom stereocenters. The van der Waals surface area contributed by atoms with Crippen LogP contribution in [-0.4, -0.2) is 16.1 Å². The number of anilines is 1. The van der Waals surface area contributed by atoms with Crippen LogP contribution in [0.1, 0.15) is 70.5 Å². The molecule has 32 heavy (non-hydrogen) atoms. The van der Waals surface area contributed by atoms with E-state index in [1.54, 1.807) is 11.0 Å². The number of nitrogens with zero attached hydrogens (tertiary/aromatic N) is 3. The minimum absolute atomic E-state index is 0.0811. The Hall–Kier alpha value is -3.32. The van der Waals surface area contributed by atoms with E-state index in [4.69, 9.17) is 4.42 Å². The van der Waals surface area contributed by atoms with Gasteiger partial charge in [-0.25, -0.2) is 0 Å². The summed E-state index contributed by atoms with van der Waals surface area (Å²) in [7, 11) is 0. The molecule has 3 heterocycles. The van der Waals surface area contributed by atoms with Crippen molar-refractivity contribution in [2.45, 2.75) is 46.1 Å². The van der Waals surface area contributed by atoms with Gasteiger partial charge < -0.3 is 4.42 Å². The zero-order chi connectivity index (χ0) is 22.6. The molecule has 1 aliphatic heterocycles. The van der Waals surface area contributed by atoms with Crippen LogP contribution in [0.5, 0.6) is 0 Å². The van der Waals surface area contributed by atoms with Crippen molar-refractivity contribution in [3.8, 4) is 0 Å². The third kappa shape index (κ3) is 3.15. The van der Waals surface area contributed by atoms with Crippen LogP contribution in [0.2, 0.25) is 0 Å². The van der Waals surface area contributed by atoms with E-state index in [0.29, 0.717) is 27.6 Å². The van der Waals surface area contributed by atoms with Gasteiger partial charge in [0.05, 0.1) is 17.0 Å². The molecular weight excluding hydrogens is 422 g/mol. The van der Waals surface area contributed by atoms with E-state index < -0.39 is 6.04 Å². The number of aromatic nitrogens is 2. The second-order valence-corrected chi connectivity index (χ2v) is 9.45. The lowest BCUT2D eigenvalue weighted by Gasteiger charge is -2.22. The van der Waals surface area contributed by atoms with Crippen LogP contribution < -0.4 is 10.3 Å². The molecule has 0 saturated carbocycles. The van der Waals surface area contributed by atoms with Gasteiger partial charge in [0, 0.05) is 0 Å². The van der Waals surface area contributed by atoms with Gasteiger partial charge in [-0.2, -0.15) is 0 Å². The SMILES string of the molecule is CCc1nnc(N2C(=O)c3oc4ccc(C)cc4c(=O)c3[C@@H]2c2ccc(C(C)C)cc2)s1. The molecule has 0 bridgehead atoms. The first-order valence-corrected chi connectivity index (χ1v) is 11.5. The molecular formula is C25H23N3O3S. The Kier molecular flexibility index (Phi) is 4.93. The van der Waals surface area contributed by atoms with Gasteiger partial charge in [-0.1, -0.05) is 68.0 Å². The molecule has 5 rings (SSSR count). The first-order chi connectivity index (χ1) is 15.4. The van der Waals surface area contributed by atoms with Crippen LogP contribution in [0.15, 0.2) is 51.7 Å². The molecule has 1 amide bonds. The maximum absolute atomic E-state index is 13.6. The van der Waals surface area contributed by atoms with Crippen molar-refractivity contribution in [1.82, 2.24) is 10.2 Å².